The highest BCUT2D eigenvalue weighted by Gasteiger charge is 2.19. The van der Waals surface area contributed by atoms with E-state index in [1.807, 2.05) is 41.4 Å². The predicted octanol–water partition coefficient (Wildman–Crippen LogP) is 5.23. The molecule has 178 valence electrons. The van der Waals surface area contributed by atoms with Crippen molar-refractivity contribution in [2.45, 2.75) is 25.2 Å². The number of aromatic amines is 1. The molecule has 0 aliphatic carbocycles. The molecule has 0 aliphatic rings. The van der Waals surface area contributed by atoms with Gasteiger partial charge in [-0.1, -0.05) is 78.9 Å². The molecule has 3 N–H and O–H groups in total. The van der Waals surface area contributed by atoms with Crippen molar-refractivity contribution in [2.75, 3.05) is 13.1 Å². The third-order valence-electron chi connectivity index (χ3n) is 6.10. The first-order valence-electron chi connectivity index (χ1n) is 12.0. The van der Waals surface area contributed by atoms with Gasteiger partial charge in [-0.15, -0.1) is 0 Å². The molecule has 3 aromatic carbocycles. The van der Waals surface area contributed by atoms with Crippen molar-refractivity contribution in [3.63, 3.8) is 0 Å². The van der Waals surface area contributed by atoms with Crippen LogP contribution in [0.2, 0.25) is 0 Å². The van der Waals surface area contributed by atoms with Crippen LogP contribution in [0, 0.1) is 5.41 Å². The first-order chi connectivity index (χ1) is 17.2. The number of aryl methyl sites for hydroxylation is 1. The van der Waals surface area contributed by atoms with Gasteiger partial charge in [-0.05, 0) is 42.5 Å². The van der Waals surface area contributed by atoms with Crippen molar-refractivity contribution in [1.29, 1.82) is 5.41 Å². The molecule has 4 aromatic rings. The minimum absolute atomic E-state index is 0.128. The standard InChI is InChI=1S/C29H31N5O/c30-29(33-28(35)25-15-8-3-9-16-25)34(19-10-17-26-21-31-22-32-26)20-18-27(23-11-4-1-5-12-23)24-13-6-2-7-14-24/h1-9,11-16,21-22,27H,10,17-20H2,(H,31,32)(H2,30,33,35). The Morgan fingerprint density at radius 2 is 1.49 bits per heavy atom. The van der Waals surface area contributed by atoms with Gasteiger partial charge in [0.15, 0.2) is 5.96 Å². The second-order valence-corrected chi connectivity index (χ2v) is 8.50. The van der Waals surface area contributed by atoms with Crippen LogP contribution >= 0.6 is 0 Å². The van der Waals surface area contributed by atoms with E-state index in [9.17, 15) is 4.79 Å². The van der Waals surface area contributed by atoms with E-state index in [-0.39, 0.29) is 17.8 Å². The first kappa shape index (κ1) is 24.0. The molecular formula is C29H31N5O. The lowest BCUT2D eigenvalue weighted by Gasteiger charge is -2.28. The molecule has 0 spiro atoms. The molecule has 6 nitrogen and oxygen atoms in total. The summed E-state index contributed by atoms with van der Waals surface area (Å²) >= 11 is 0. The van der Waals surface area contributed by atoms with E-state index in [2.05, 4.69) is 63.8 Å². The number of imidazole rings is 1. The number of nitrogens with zero attached hydrogens (tertiary/aromatic N) is 2. The van der Waals surface area contributed by atoms with Crippen molar-refractivity contribution in [3.05, 3.63) is 126 Å². The number of carbonyl (C=O) groups is 1. The number of hydrogen-bond acceptors (Lipinski definition) is 3. The van der Waals surface area contributed by atoms with Crippen LogP contribution in [0.3, 0.4) is 0 Å². The quantitative estimate of drug-likeness (QED) is 0.221. The summed E-state index contributed by atoms with van der Waals surface area (Å²) in [6.45, 7) is 1.30. The Morgan fingerprint density at radius 3 is 2.06 bits per heavy atom. The highest BCUT2D eigenvalue weighted by molar-refractivity contribution is 6.04. The minimum atomic E-state index is -0.267. The molecule has 0 fully saturated rings. The maximum Gasteiger partial charge on any atom is 0.257 e. The number of aromatic nitrogens is 2. The monoisotopic (exact) mass is 465 g/mol. The van der Waals surface area contributed by atoms with E-state index >= 15 is 0 Å². The second-order valence-electron chi connectivity index (χ2n) is 8.50. The summed E-state index contributed by atoms with van der Waals surface area (Å²) < 4.78 is 0. The summed E-state index contributed by atoms with van der Waals surface area (Å²) in [7, 11) is 0. The number of nitrogens with one attached hydrogen (secondary N) is 3. The van der Waals surface area contributed by atoms with Crippen molar-refractivity contribution in [3.8, 4) is 0 Å². The van der Waals surface area contributed by atoms with Crippen LogP contribution in [-0.4, -0.2) is 39.8 Å². The van der Waals surface area contributed by atoms with Gasteiger partial charge in [-0.2, -0.15) is 0 Å². The van der Waals surface area contributed by atoms with Crippen LogP contribution in [0.25, 0.3) is 0 Å². The van der Waals surface area contributed by atoms with Gasteiger partial charge < -0.3 is 9.88 Å². The Hall–Kier alpha value is -4.19. The fourth-order valence-electron chi connectivity index (χ4n) is 4.25. The molecule has 1 heterocycles. The Morgan fingerprint density at radius 1 is 0.886 bits per heavy atom. The molecule has 0 bridgehead atoms. The number of amides is 1. The van der Waals surface area contributed by atoms with Crippen LogP contribution in [0.15, 0.2) is 104 Å². The molecule has 0 saturated carbocycles. The molecule has 4 rings (SSSR count). The van der Waals surface area contributed by atoms with Crippen LogP contribution in [0.1, 0.15) is 45.9 Å². The molecule has 0 aliphatic heterocycles. The maximum atomic E-state index is 12.7. The fraction of sp³-hybridized carbons (Fsp3) is 0.207. The summed E-state index contributed by atoms with van der Waals surface area (Å²) in [6.07, 6.45) is 6.00. The minimum Gasteiger partial charge on any atom is -0.348 e. The van der Waals surface area contributed by atoms with Crippen LogP contribution in [0.4, 0.5) is 0 Å². The van der Waals surface area contributed by atoms with Gasteiger partial charge in [-0.3, -0.25) is 15.5 Å². The van der Waals surface area contributed by atoms with Crippen molar-refractivity contribution in [2.24, 2.45) is 0 Å². The smallest absolute Gasteiger partial charge is 0.257 e. The molecule has 1 aromatic heterocycles. The second kappa shape index (κ2) is 12.3. The summed E-state index contributed by atoms with van der Waals surface area (Å²) in [4.78, 5) is 21.9. The molecule has 0 saturated heterocycles. The Labute approximate surface area is 206 Å². The van der Waals surface area contributed by atoms with Crippen molar-refractivity contribution < 1.29 is 4.79 Å². The average molecular weight is 466 g/mol. The SMILES string of the molecule is N=C(NC(=O)c1ccccc1)N(CCCc1cnc[nH]1)CCC(c1ccccc1)c1ccccc1. The fourth-order valence-corrected chi connectivity index (χ4v) is 4.25. The summed E-state index contributed by atoms with van der Waals surface area (Å²) in [5.41, 5.74) is 4.10. The third-order valence-corrected chi connectivity index (χ3v) is 6.10. The molecule has 0 atom stereocenters. The largest absolute Gasteiger partial charge is 0.348 e. The van der Waals surface area contributed by atoms with Gasteiger partial charge in [0.05, 0.1) is 6.33 Å². The van der Waals surface area contributed by atoms with Crippen molar-refractivity contribution >= 4 is 11.9 Å². The van der Waals surface area contributed by atoms with Crippen LogP contribution in [0.5, 0.6) is 0 Å². The van der Waals surface area contributed by atoms with Gasteiger partial charge >= 0.3 is 0 Å². The van der Waals surface area contributed by atoms with E-state index in [1.165, 1.54) is 11.1 Å². The van der Waals surface area contributed by atoms with Gasteiger partial charge in [-0.25, -0.2) is 4.98 Å². The Kier molecular flexibility index (Phi) is 8.43. The van der Waals surface area contributed by atoms with E-state index in [4.69, 9.17) is 5.41 Å². The topological polar surface area (TPSA) is 84.9 Å². The lowest BCUT2D eigenvalue weighted by Crippen LogP contribution is -2.44. The number of hydrogen-bond donors (Lipinski definition) is 3. The van der Waals surface area contributed by atoms with Gasteiger partial charge in [0.25, 0.3) is 5.91 Å². The molecular weight excluding hydrogens is 434 g/mol. The summed E-state index contributed by atoms with van der Waals surface area (Å²) in [6, 6.07) is 30.0. The van der Waals surface area contributed by atoms with Gasteiger partial charge in [0.2, 0.25) is 0 Å². The highest BCUT2D eigenvalue weighted by atomic mass is 16.1. The maximum absolute atomic E-state index is 12.7. The number of benzene rings is 3. The molecule has 6 heteroatoms. The number of guanidine groups is 1. The number of carbonyl (C=O) groups excluding carboxylic acids is 1. The Balaban J connectivity index is 1.47. The molecule has 0 radical (unpaired) electrons. The van der Waals surface area contributed by atoms with E-state index in [0.717, 1.165) is 25.0 Å². The van der Waals surface area contributed by atoms with E-state index < -0.39 is 0 Å². The zero-order valence-electron chi connectivity index (χ0n) is 19.7. The van der Waals surface area contributed by atoms with Crippen LogP contribution in [-0.2, 0) is 6.42 Å². The average Bonchev–Trinajstić information content (AvgIpc) is 3.43. The zero-order chi connectivity index (χ0) is 24.3. The van der Waals surface area contributed by atoms with Gasteiger partial charge in [0, 0.05) is 36.5 Å². The normalized spacial score (nSPS) is 10.8. The van der Waals surface area contributed by atoms with E-state index in [1.54, 1.807) is 18.5 Å². The number of H-pyrrole nitrogens is 1. The zero-order valence-corrected chi connectivity index (χ0v) is 19.7. The highest BCUT2D eigenvalue weighted by Crippen LogP contribution is 2.28. The van der Waals surface area contributed by atoms with Crippen LogP contribution < -0.4 is 5.32 Å². The predicted molar refractivity (Wildman–Crippen MR) is 139 cm³/mol. The number of rotatable bonds is 10. The molecule has 0 unspecified atom stereocenters. The lowest BCUT2D eigenvalue weighted by atomic mass is 9.88. The molecule has 35 heavy (non-hydrogen) atoms. The molecule has 1 amide bonds. The lowest BCUT2D eigenvalue weighted by molar-refractivity contribution is 0.0971. The summed E-state index contributed by atoms with van der Waals surface area (Å²) in [5.74, 6) is 0.0605. The van der Waals surface area contributed by atoms with Crippen molar-refractivity contribution in [1.82, 2.24) is 20.2 Å². The van der Waals surface area contributed by atoms with E-state index in [0.29, 0.717) is 18.7 Å². The summed E-state index contributed by atoms with van der Waals surface area (Å²) in [5, 5.41) is 11.5. The Bertz CT molecular complexity index is 1140. The van der Waals surface area contributed by atoms with Gasteiger partial charge in [0.1, 0.15) is 0 Å². The third kappa shape index (κ3) is 6.90. The first-order valence-corrected chi connectivity index (χ1v) is 12.0.